The monoisotopic (exact) mass is 282 g/mol. The Morgan fingerprint density at radius 2 is 2.26 bits per heavy atom. The molecule has 1 saturated carbocycles. The van der Waals surface area contributed by atoms with Crippen LogP contribution in [0.4, 0.5) is 0 Å². The third kappa shape index (κ3) is 3.12. The van der Waals surface area contributed by atoms with Crippen molar-refractivity contribution in [3.8, 4) is 0 Å². The zero-order chi connectivity index (χ0) is 13.2. The standard InChI is InChI=1S/C14H19ClN2O2/c15-13-12(5-7-19-13)14(18)17(8-10-3-4-10)9-11-2-1-6-16-11/h5,7,10-11,16H,1-4,6,8-9H2. The Morgan fingerprint density at radius 3 is 2.84 bits per heavy atom. The van der Waals surface area contributed by atoms with Gasteiger partial charge >= 0.3 is 0 Å². The van der Waals surface area contributed by atoms with Crippen LogP contribution < -0.4 is 5.32 Å². The second kappa shape index (κ2) is 5.55. The number of carbonyl (C=O) groups excluding carboxylic acids is 1. The number of amides is 1. The van der Waals surface area contributed by atoms with E-state index in [0.717, 1.165) is 26.1 Å². The SMILES string of the molecule is O=C(c1ccoc1Cl)N(CC1CC1)CC1CCCN1. The molecule has 0 spiro atoms. The number of rotatable bonds is 5. The fourth-order valence-corrected chi connectivity index (χ4v) is 2.84. The van der Waals surface area contributed by atoms with Crippen molar-refractivity contribution in [2.45, 2.75) is 31.7 Å². The molecule has 1 aliphatic heterocycles. The molecule has 1 N–H and O–H groups in total. The summed E-state index contributed by atoms with van der Waals surface area (Å²) in [5.41, 5.74) is 0.486. The van der Waals surface area contributed by atoms with E-state index in [0.29, 0.717) is 17.5 Å². The van der Waals surface area contributed by atoms with Crippen molar-refractivity contribution in [1.82, 2.24) is 10.2 Å². The minimum atomic E-state index is -0.000602. The van der Waals surface area contributed by atoms with Gasteiger partial charge in [0.15, 0.2) is 0 Å². The molecule has 1 aromatic rings. The molecule has 4 nitrogen and oxygen atoms in total. The lowest BCUT2D eigenvalue weighted by molar-refractivity contribution is 0.0733. The summed E-state index contributed by atoms with van der Waals surface area (Å²) >= 11 is 5.92. The fourth-order valence-electron chi connectivity index (χ4n) is 2.65. The number of hydrogen-bond donors (Lipinski definition) is 1. The minimum absolute atomic E-state index is 0.000602. The summed E-state index contributed by atoms with van der Waals surface area (Å²) in [6.45, 7) is 2.68. The predicted molar refractivity (Wildman–Crippen MR) is 73.4 cm³/mol. The van der Waals surface area contributed by atoms with Gasteiger partial charge in [0.25, 0.3) is 5.91 Å². The first-order valence-corrected chi connectivity index (χ1v) is 7.37. The highest BCUT2D eigenvalue weighted by molar-refractivity contribution is 6.32. The maximum absolute atomic E-state index is 12.5. The second-order valence-corrected chi connectivity index (χ2v) is 5.90. The van der Waals surface area contributed by atoms with Crippen molar-refractivity contribution in [3.63, 3.8) is 0 Å². The molecular weight excluding hydrogens is 264 g/mol. The summed E-state index contributed by atoms with van der Waals surface area (Å²) < 4.78 is 5.03. The quantitative estimate of drug-likeness (QED) is 0.903. The predicted octanol–water partition coefficient (Wildman–Crippen LogP) is 2.54. The number of halogens is 1. The Labute approximate surface area is 118 Å². The van der Waals surface area contributed by atoms with Crippen LogP contribution in [0.1, 0.15) is 36.0 Å². The molecule has 2 aliphatic rings. The van der Waals surface area contributed by atoms with Gasteiger partial charge in [-0.1, -0.05) is 0 Å². The Morgan fingerprint density at radius 1 is 1.42 bits per heavy atom. The maximum Gasteiger partial charge on any atom is 0.258 e. The van der Waals surface area contributed by atoms with Gasteiger partial charge in [0.2, 0.25) is 5.22 Å². The summed E-state index contributed by atoms with van der Waals surface area (Å²) in [5.74, 6) is 0.676. The van der Waals surface area contributed by atoms with Crippen LogP contribution in [0.5, 0.6) is 0 Å². The normalized spacial score (nSPS) is 22.7. The van der Waals surface area contributed by atoms with Crippen LogP contribution in [0.15, 0.2) is 16.7 Å². The molecule has 104 valence electrons. The van der Waals surface area contributed by atoms with Gasteiger partial charge in [-0.25, -0.2) is 0 Å². The molecule has 1 saturated heterocycles. The molecule has 0 radical (unpaired) electrons. The number of nitrogens with one attached hydrogen (secondary N) is 1. The van der Waals surface area contributed by atoms with Gasteiger partial charge < -0.3 is 14.6 Å². The molecule has 0 aromatic carbocycles. The lowest BCUT2D eigenvalue weighted by Crippen LogP contribution is -2.42. The molecule has 1 atom stereocenters. The Hall–Kier alpha value is -1.00. The van der Waals surface area contributed by atoms with E-state index in [1.54, 1.807) is 6.07 Å². The molecule has 1 unspecified atom stereocenters. The summed E-state index contributed by atoms with van der Waals surface area (Å²) in [7, 11) is 0. The Kier molecular flexibility index (Phi) is 3.80. The molecule has 2 heterocycles. The third-order valence-electron chi connectivity index (χ3n) is 3.91. The maximum atomic E-state index is 12.5. The van der Waals surface area contributed by atoms with E-state index in [2.05, 4.69) is 5.32 Å². The van der Waals surface area contributed by atoms with E-state index in [1.165, 1.54) is 25.5 Å². The van der Waals surface area contributed by atoms with Crippen LogP contribution >= 0.6 is 11.6 Å². The molecule has 1 aliphatic carbocycles. The molecule has 1 aromatic heterocycles. The van der Waals surface area contributed by atoms with Gasteiger partial charge in [-0.3, -0.25) is 4.79 Å². The zero-order valence-electron chi connectivity index (χ0n) is 10.9. The average molecular weight is 283 g/mol. The average Bonchev–Trinajstić information content (AvgIpc) is 2.88. The Bertz CT molecular complexity index is 450. The first kappa shape index (κ1) is 13.0. The summed E-state index contributed by atoms with van der Waals surface area (Å²) in [6.07, 6.45) is 6.29. The van der Waals surface area contributed by atoms with Crippen molar-refractivity contribution in [1.29, 1.82) is 0 Å². The summed E-state index contributed by atoms with van der Waals surface area (Å²) in [6, 6.07) is 2.08. The van der Waals surface area contributed by atoms with E-state index in [1.807, 2.05) is 4.90 Å². The van der Waals surface area contributed by atoms with Crippen molar-refractivity contribution >= 4 is 17.5 Å². The van der Waals surface area contributed by atoms with E-state index in [4.69, 9.17) is 16.0 Å². The van der Waals surface area contributed by atoms with Crippen LogP contribution in [-0.4, -0.2) is 36.5 Å². The van der Waals surface area contributed by atoms with Gasteiger partial charge in [-0.15, -0.1) is 0 Å². The van der Waals surface area contributed by atoms with Crippen LogP contribution in [0.2, 0.25) is 5.22 Å². The second-order valence-electron chi connectivity index (χ2n) is 5.55. The number of nitrogens with zero attached hydrogens (tertiary/aromatic N) is 1. The molecule has 1 amide bonds. The van der Waals surface area contributed by atoms with Crippen molar-refractivity contribution in [2.75, 3.05) is 19.6 Å². The summed E-state index contributed by atoms with van der Waals surface area (Å²) in [5, 5.41) is 3.64. The van der Waals surface area contributed by atoms with E-state index in [9.17, 15) is 4.79 Å². The van der Waals surface area contributed by atoms with Crippen molar-refractivity contribution in [3.05, 3.63) is 23.1 Å². The van der Waals surface area contributed by atoms with Crippen LogP contribution in [0.3, 0.4) is 0 Å². The van der Waals surface area contributed by atoms with E-state index >= 15 is 0 Å². The molecule has 0 bridgehead atoms. The Balaban J connectivity index is 1.69. The van der Waals surface area contributed by atoms with E-state index < -0.39 is 0 Å². The molecule has 3 rings (SSSR count). The first-order chi connectivity index (χ1) is 9.24. The van der Waals surface area contributed by atoms with Crippen LogP contribution in [0.25, 0.3) is 0 Å². The smallest absolute Gasteiger partial charge is 0.258 e. The largest absolute Gasteiger partial charge is 0.452 e. The van der Waals surface area contributed by atoms with Gasteiger partial charge in [-0.05, 0) is 55.8 Å². The van der Waals surface area contributed by atoms with Gasteiger partial charge in [0.05, 0.1) is 11.8 Å². The highest BCUT2D eigenvalue weighted by atomic mass is 35.5. The van der Waals surface area contributed by atoms with Crippen molar-refractivity contribution < 1.29 is 9.21 Å². The summed E-state index contributed by atoms with van der Waals surface area (Å²) in [4.78, 5) is 14.5. The lowest BCUT2D eigenvalue weighted by atomic mass is 10.2. The highest BCUT2D eigenvalue weighted by Gasteiger charge is 2.30. The molecular formula is C14H19ClN2O2. The molecule has 5 heteroatoms. The van der Waals surface area contributed by atoms with Crippen molar-refractivity contribution in [2.24, 2.45) is 5.92 Å². The van der Waals surface area contributed by atoms with Crippen LogP contribution in [-0.2, 0) is 0 Å². The fraction of sp³-hybridized carbons (Fsp3) is 0.643. The molecule has 2 fully saturated rings. The topological polar surface area (TPSA) is 45.5 Å². The lowest BCUT2D eigenvalue weighted by Gasteiger charge is -2.25. The zero-order valence-corrected chi connectivity index (χ0v) is 11.7. The highest BCUT2D eigenvalue weighted by Crippen LogP contribution is 2.31. The van der Waals surface area contributed by atoms with Gasteiger partial charge in [0.1, 0.15) is 0 Å². The van der Waals surface area contributed by atoms with Gasteiger partial charge in [0, 0.05) is 19.1 Å². The number of carbonyl (C=O) groups is 1. The van der Waals surface area contributed by atoms with Crippen LogP contribution in [0, 0.1) is 5.92 Å². The van der Waals surface area contributed by atoms with Gasteiger partial charge in [-0.2, -0.15) is 0 Å². The number of hydrogen-bond acceptors (Lipinski definition) is 3. The van der Waals surface area contributed by atoms with E-state index in [-0.39, 0.29) is 11.1 Å². The molecule has 19 heavy (non-hydrogen) atoms. The minimum Gasteiger partial charge on any atom is -0.452 e. The third-order valence-corrected chi connectivity index (χ3v) is 4.21. The number of furan rings is 1. The first-order valence-electron chi connectivity index (χ1n) is 6.99.